The molecule has 0 radical (unpaired) electrons. The molecule has 1 unspecified atom stereocenters. The minimum Gasteiger partial charge on any atom is -0.362 e. The van der Waals surface area contributed by atoms with Crippen LogP contribution in [-0.4, -0.2) is 9.97 Å². The Morgan fingerprint density at radius 2 is 2.22 bits per heavy atom. The topological polar surface area (TPSA) is 37.8 Å². The summed E-state index contributed by atoms with van der Waals surface area (Å²) in [5.74, 6) is 0.891. The summed E-state index contributed by atoms with van der Waals surface area (Å²) in [6, 6.07) is 2.64. The highest BCUT2D eigenvalue weighted by atomic mass is 32.1. The van der Waals surface area contributed by atoms with Gasteiger partial charge in [-0.2, -0.15) is 0 Å². The molecule has 94 valence electrons. The number of thiophene rings is 1. The number of nitrogens with zero attached hydrogens (tertiary/aromatic N) is 2. The Labute approximate surface area is 111 Å². The minimum atomic E-state index is 0.399. The predicted molar refractivity (Wildman–Crippen MR) is 75.1 cm³/mol. The van der Waals surface area contributed by atoms with Gasteiger partial charge in [0, 0.05) is 4.88 Å². The van der Waals surface area contributed by atoms with Crippen LogP contribution in [0.4, 0.5) is 5.82 Å². The van der Waals surface area contributed by atoms with Crippen LogP contribution in [0.3, 0.4) is 0 Å². The van der Waals surface area contributed by atoms with E-state index < -0.39 is 0 Å². The van der Waals surface area contributed by atoms with Gasteiger partial charge in [0.1, 0.15) is 5.82 Å². The maximum Gasteiger partial charge on any atom is 0.145 e. The number of anilines is 1. The van der Waals surface area contributed by atoms with Gasteiger partial charge in [-0.15, -0.1) is 11.3 Å². The molecule has 1 N–H and O–H groups in total. The molecule has 0 bridgehead atoms. The summed E-state index contributed by atoms with van der Waals surface area (Å²) in [6.07, 6.45) is 5.49. The van der Waals surface area contributed by atoms with E-state index in [1.807, 2.05) is 31.4 Å². The molecule has 3 nitrogen and oxygen atoms in total. The Balaban J connectivity index is 1.84. The van der Waals surface area contributed by atoms with Crippen LogP contribution in [0.5, 0.6) is 0 Å². The quantitative estimate of drug-likeness (QED) is 0.894. The van der Waals surface area contributed by atoms with E-state index in [1.165, 1.54) is 29.7 Å². The van der Waals surface area contributed by atoms with Crippen LogP contribution in [0.1, 0.15) is 40.7 Å². The lowest BCUT2D eigenvalue weighted by Crippen LogP contribution is -2.16. The normalized spacial score (nSPS) is 18.4. The molecular formula is C14H17N3S. The van der Waals surface area contributed by atoms with Gasteiger partial charge in [0.2, 0.25) is 0 Å². The van der Waals surface area contributed by atoms with Crippen molar-refractivity contribution in [1.82, 2.24) is 9.97 Å². The lowest BCUT2D eigenvalue weighted by atomic mass is 9.94. The molecule has 2 heterocycles. The average molecular weight is 259 g/mol. The summed E-state index contributed by atoms with van der Waals surface area (Å²) in [5, 5.41) is 5.72. The number of fused-ring (bicyclic) bond motifs is 1. The van der Waals surface area contributed by atoms with Crippen molar-refractivity contribution >= 4 is 17.2 Å². The van der Waals surface area contributed by atoms with Crippen LogP contribution in [-0.2, 0) is 6.42 Å². The summed E-state index contributed by atoms with van der Waals surface area (Å²) in [6.45, 7) is 3.99. The summed E-state index contributed by atoms with van der Waals surface area (Å²) < 4.78 is 0. The molecule has 0 spiro atoms. The number of aromatic nitrogens is 2. The van der Waals surface area contributed by atoms with Crippen LogP contribution in [0.25, 0.3) is 0 Å². The maximum absolute atomic E-state index is 4.55. The first-order valence-electron chi connectivity index (χ1n) is 6.37. The predicted octanol–water partition coefficient (Wildman–Crippen LogP) is 3.64. The molecule has 0 aromatic carbocycles. The number of hydrogen-bond acceptors (Lipinski definition) is 4. The number of nitrogens with one attached hydrogen (secondary N) is 1. The summed E-state index contributed by atoms with van der Waals surface area (Å²) >= 11 is 1.87. The maximum atomic E-state index is 4.55. The first-order chi connectivity index (χ1) is 8.74. The average Bonchev–Trinajstić information content (AvgIpc) is 2.83. The van der Waals surface area contributed by atoms with Crippen molar-refractivity contribution in [3.05, 3.63) is 39.5 Å². The van der Waals surface area contributed by atoms with E-state index >= 15 is 0 Å². The summed E-state index contributed by atoms with van der Waals surface area (Å²) in [7, 11) is 0. The smallest absolute Gasteiger partial charge is 0.145 e. The van der Waals surface area contributed by atoms with E-state index in [-0.39, 0.29) is 0 Å². The first-order valence-corrected chi connectivity index (χ1v) is 7.25. The van der Waals surface area contributed by atoms with Gasteiger partial charge in [-0.25, -0.2) is 4.98 Å². The molecule has 1 atom stereocenters. The largest absolute Gasteiger partial charge is 0.362 e. The van der Waals surface area contributed by atoms with Crippen molar-refractivity contribution in [2.75, 3.05) is 5.32 Å². The van der Waals surface area contributed by atoms with Crippen LogP contribution in [0.2, 0.25) is 0 Å². The van der Waals surface area contributed by atoms with Gasteiger partial charge < -0.3 is 5.32 Å². The zero-order valence-electron chi connectivity index (χ0n) is 10.7. The lowest BCUT2D eigenvalue weighted by molar-refractivity contribution is 0.606. The van der Waals surface area contributed by atoms with Gasteiger partial charge in [0.25, 0.3) is 0 Å². The van der Waals surface area contributed by atoms with Crippen molar-refractivity contribution in [1.29, 1.82) is 0 Å². The molecule has 0 aliphatic heterocycles. The first kappa shape index (κ1) is 11.7. The highest BCUT2D eigenvalue weighted by Crippen LogP contribution is 2.35. The second kappa shape index (κ2) is 4.69. The Morgan fingerprint density at radius 3 is 3.06 bits per heavy atom. The van der Waals surface area contributed by atoms with Crippen LogP contribution in [0.15, 0.2) is 17.6 Å². The molecule has 4 heteroatoms. The molecule has 0 amide bonds. The molecule has 18 heavy (non-hydrogen) atoms. The van der Waals surface area contributed by atoms with Gasteiger partial charge in [0.05, 0.1) is 23.6 Å². The van der Waals surface area contributed by atoms with Crippen LogP contribution in [0, 0.1) is 13.8 Å². The standard InChI is InChI=1S/C14H17N3S/c1-9-10(2)16-14(8-15-9)17-12-4-3-5-13-11(12)6-7-18-13/h6-8,12H,3-5H2,1-2H3,(H,16,17). The Kier molecular flexibility index (Phi) is 3.04. The van der Waals surface area contributed by atoms with E-state index in [0.717, 1.165) is 17.2 Å². The van der Waals surface area contributed by atoms with Crippen LogP contribution < -0.4 is 5.32 Å². The van der Waals surface area contributed by atoms with Crippen molar-refractivity contribution in [2.45, 2.75) is 39.2 Å². The molecule has 0 fully saturated rings. The highest BCUT2D eigenvalue weighted by molar-refractivity contribution is 7.10. The fourth-order valence-electron chi connectivity index (χ4n) is 2.43. The SMILES string of the molecule is Cc1ncc(NC2CCCc3sccc32)nc1C. The van der Waals surface area contributed by atoms with Crippen LogP contribution >= 0.6 is 11.3 Å². The third-order valence-corrected chi connectivity index (χ3v) is 4.56. The minimum absolute atomic E-state index is 0.399. The lowest BCUT2D eigenvalue weighted by Gasteiger charge is -2.24. The number of aryl methyl sites for hydroxylation is 3. The zero-order chi connectivity index (χ0) is 12.5. The van der Waals surface area contributed by atoms with Crippen molar-refractivity contribution in [3.63, 3.8) is 0 Å². The van der Waals surface area contributed by atoms with E-state index in [2.05, 4.69) is 26.7 Å². The van der Waals surface area contributed by atoms with Gasteiger partial charge in [-0.3, -0.25) is 4.98 Å². The fraction of sp³-hybridized carbons (Fsp3) is 0.429. The molecule has 1 aliphatic carbocycles. The van der Waals surface area contributed by atoms with E-state index in [1.54, 1.807) is 0 Å². The second-order valence-electron chi connectivity index (χ2n) is 4.81. The third-order valence-electron chi connectivity index (χ3n) is 3.57. The zero-order valence-corrected chi connectivity index (χ0v) is 11.5. The number of rotatable bonds is 2. The van der Waals surface area contributed by atoms with Gasteiger partial charge in [0.15, 0.2) is 0 Å². The van der Waals surface area contributed by atoms with E-state index in [9.17, 15) is 0 Å². The van der Waals surface area contributed by atoms with E-state index in [4.69, 9.17) is 0 Å². The molecule has 2 aromatic heterocycles. The Bertz CT molecular complexity index is 562. The Morgan fingerprint density at radius 1 is 1.33 bits per heavy atom. The van der Waals surface area contributed by atoms with E-state index in [0.29, 0.717) is 6.04 Å². The van der Waals surface area contributed by atoms with Gasteiger partial charge in [-0.05, 0) is 50.1 Å². The Hall–Kier alpha value is -1.42. The third kappa shape index (κ3) is 2.12. The molecule has 3 rings (SSSR count). The van der Waals surface area contributed by atoms with Gasteiger partial charge >= 0.3 is 0 Å². The summed E-state index contributed by atoms with van der Waals surface area (Å²) in [5.41, 5.74) is 3.45. The van der Waals surface area contributed by atoms with Crippen molar-refractivity contribution in [2.24, 2.45) is 0 Å². The van der Waals surface area contributed by atoms with Crippen molar-refractivity contribution in [3.8, 4) is 0 Å². The second-order valence-corrected chi connectivity index (χ2v) is 5.82. The highest BCUT2D eigenvalue weighted by Gasteiger charge is 2.21. The molecule has 0 saturated heterocycles. The molecule has 2 aromatic rings. The van der Waals surface area contributed by atoms with Crippen molar-refractivity contribution < 1.29 is 0 Å². The number of hydrogen-bond donors (Lipinski definition) is 1. The molecular weight excluding hydrogens is 242 g/mol. The fourth-order valence-corrected chi connectivity index (χ4v) is 3.41. The monoisotopic (exact) mass is 259 g/mol. The van der Waals surface area contributed by atoms with Gasteiger partial charge in [-0.1, -0.05) is 0 Å². The molecule has 0 saturated carbocycles. The molecule has 1 aliphatic rings. The summed E-state index contributed by atoms with van der Waals surface area (Å²) in [4.78, 5) is 10.4.